The van der Waals surface area contributed by atoms with Crippen molar-refractivity contribution in [1.82, 2.24) is 20.8 Å². The zero-order valence-corrected chi connectivity index (χ0v) is 20.1. The first kappa shape index (κ1) is 24.7. The van der Waals surface area contributed by atoms with Gasteiger partial charge < -0.3 is 20.5 Å². The summed E-state index contributed by atoms with van der Waals surface area (Å²) >= 11 is 0. The summed E-state index contributed by atoms with van der Waals surface area (Å²) in [6.45, 7) is 1.74. The minimum absolute atomic E-state index is 0.0703. The number of aliphatic hydroxyl groups excluding tert-OH is 1. The van der Waals surface area contributed by atoms with E-state index in [9.17, 15) is 14.7 Å². The van der Waals surface area contributed by atoms with Crippen LogP contribution in [0.2, 0.25) is 0 Å². The fourth-order valence-corrected chi connectivity index (χ4v) is 3.92. The van der Waals surface area contributed by atoms with E-state index in [2.05, 4.69) is 20.8 Å². The average Bonchev–Trinajstić information content (AvgIpc) is 3.33. The van der Waals surface area contributed by atoms with Crippen LogP contribution in [0.4, 0.5) is 0 Å². The molecule has 4 rings (SSSR count). The van der Waals surface area contributed by atoms with Gasteiger partial charge in [-0.25, -0.2) is 0 Å². The molecule has 0 saturated heterocycles. The molecule has 8 nitrogen and oxygen atoms in total. The monoisotopic (exact) mass is 484 g/mol. The maximum atomic E-state index is 13.2. The summed E-state index contributed by atoms with van der Waals surface area (Å²) in [5, 5.41) is 23.6. The van der Waals surface area contributed by atoms with Crippen LogP contribution >= 0.6 is 0 Å². The Balaban J connectivity index is 1.59. The summed E-state index contributed by atoms with van der Waals surface area (Å²) < 4.78 is 5.66. The SMILES string of the molecule is COc1c(C(=O)N[C@H](CO)c2ccccc2)ccc2n[nH]c(/C=C/c3ccc(CNC(C)=O)cc3)c12. The van der Waals surface area contributed by atoms with Crippen molar-refractivity contribution in [3.8, 4) is 5.75 Å². The molecule has 4 aromatic rings. The zero-order chi connectivity index (χ0) is 25.5. The minimum Gasteiger partial charge on any atom is -0.495 e. The molecule has 0 aliphatic heterocycles. The second-order valence-corrected chi connectivity index (χ2v) is 8.28. The summed E-state index contributed by atoms with van der Waals surface area (Å²) in [7, 11) is 1.51. The maximum Gasteiger partial charge on any atom is 0.255 e. The number of carbonyl (C=O) groups excluding carboxylic acids is 2. The first-order chi connectivity index (χ1) is 17.5. The van der Waals surface area contributed by atoms with Crippen molar-refractivity contribution in [2.45, 2.75) is 19.5 Å². The number of hydrogen-bond donors (Lipinski definition) is 4. The number of nitrogens with zero attached hydrogens (tertiary/aromatic N) is 1. The van der Waals surface area contributed by atoms with Crippen LogP contribution in [0.3, 0.4) is 0 Å². The predicted molar refractivity (Wildman–Crippen MR) is 139 cm³/mol. The van der Waals surface area contributed by atoms with E-state index in [0.29, 0.717) is 34.5 Å². The Bertz CT molecular complexity index is 1380. The molecule has 0 unspecified atom stereocenters. The molecule has 36 heavy (non-hydrogen) atoms. The van der Waals surface area contributed by atoms with Gasteiger partial charge in [0, 0.05) is 13.5 Å². The van der Waals surface area contributed by atoms with E-state index in [-0.39, 0.29) is 18.4 Å². The summed E-state index contributed by atoms with van der Waals surface area (Å²) in [6.07, 6.45) is 3.81. The Morgan fingerprint density at radius 3 is 2.47 bits per heavy atom. The molecule has 0 spiro atoms. The Hall–Kier alpha value is -4.43. The van der Waals surface area contributed by atoms with Crippen molar-refractivity contribution in [1.29, 1.82) is 0 Å². The van der Waals surface area contributed by atoms with Crippen molar-refractivity contribution >= 4 is 34.9 Å². The number of carbonyl (C=O) groups is 2. The van der Waals surface area contributed by atoms with Crippen LogP contribution in [-0.2, 0) is 11.3 Å². The lowest BCUT2D eigenvalue weighted by atomic mass is 10.0. The second-order valence-electron chi connectivity index (χ2n) is 8.28. The molecule has 1 atom stereocenters. The highest BCUT2D eigenvalue weighted by Gasteiger charge is 2.21. The molecule has 0 aliphatic carbocycles. The molecular weight excluding hydrogens is 456 g/mol. The lowest BCUT2D eigenvalue weighted by molar-refractivity contribution is -0.119. The molecule has 0 bridgehead atoms. The number of fused-ring (bicyclic) bond motifs is 1. The van der Waals surface area contributed by atoms with E-state index < -0.39 is 6.04 Å². The van der Waals surface area contributed by atoms with E-state index in [1.807, 2.05) is 66.7 Å². The van der Waals surface area contributed by atoms with Crippen LogP contribution in [0, 0.1) is 0 Å². The summed E-state index contributed by atoms with van der Waals surface area (Å²) in [5.74, 6) is -0.0320. The molecule has 3 aromatic carbocycles. The Morgan fingerprint density at radius 2 is 1.81 bits per heavy atom. The number of aromatic nitrogens is 2. The van der Waals surface area contributed by atoms with E-state index in [1.165, 1.54) is 14.0 Å². The smallest absolute Gasteiger partial charge is 0.255 e. The van der Waals surface area contributed by atoms with Crippen LogP contribution in [0.5, 0.6) is 5.75 Å². The van der Waals surface area contributed by atoms with Crippen molar-refractivity contribution in [2.24, 2.45) is 0 Å². The predicted octanol–water partition coefficient (Wildman–Crippen LogP) is 3.84. The maximum absolute atomic E-state index is 13.2. The fourth-order valence-electron chi connectivity index (χ4n) is 3.92. The molecule has 0 aliphatic rings. The van der Waals surface area contributed by atoms with Gasteiger partial charge in [-0.05, 0) is 34.9 Å². The Morgan fingerprint density at radius 1 is 1.06 bits per heavy atom. The van der Waals surface area contributed by atoms with E-state index >= 15 is 0 Å². The third-order valence-electron chi connectivity index (χ3n) is 5.80. The number of nitrogens with one attached hydrogen (secondary N) is 3. The molecule has 2 amide bonds. The van der Waals surface area contributed by atoms with Gasteiger partial charge in [0.05, 0.1) is 41.9 Å². The molecule has 0 fully saturated rings. The number of methoxy groups -OCH3 is 1. The zero-order valence-electron chi connectivity index (χ0n) is 20.1. The van der Waals surface area contributed by atoms with E-state index in [0.717, 1.165) is 16.7 Å². The number of amides is 2. The first-order valence-electron chi connectivity index (χ1n) is 11.5. The number of H-pyrrole nitrogens is 1. The van der Waals surface area contributed by atoms with Gasteiger partial charge in [-0.3, -0.25) is 14.7 Å². The molecule has 0 radical (unpaired) electrons. The van der Waals surface area contributed by atoms with Crippen molar-refractivity contribution in [2.75, 3.05) is 13.7 Å². The van der Waals surface area contributed by atoms with Crippen LogP contribution in [0.25, 0.3) is 23.1 Å². The number of rotatable bonds is 9. The molecule has 4 N–H and O–H groups in total. The van der Waals surface area contributed by atoms with Gasteiger partial charge >= 0.3 is 0 Å². The van der Waals surface area contributed by atoms with Gasteiger partial charge in [0.2, 0.25) is 5.91 Å². The lowest BCUT2D eigenvalue weighted by Gasteiger charge is -2.18. The number of aliphatic hydroxyl groups is 1. The molecule has 184 valence electrons. The van der Waals surface area contributed by atoms with Crippen molar-refractivity contribution in [3.05, 3.63) is 94.7 Å². The second kappa shape index (κ2) is 11.3. The van der Waals surface area contributed by atoms with Gasteiger partial charge in [0.15, 0.2) is 0 Å². The summed E-state index contributed by atoms with van der Waals surface area (Å²) in [6, 6.07) is 20.0. The van der Waals surface area contributed by atoms with Gasteiger partial charge in [-0.2, -0.15) is 5.10 Å². The molecule has 0 saturated carbocycles. The molecule has 8 heteroatoms. The molecule has 1 aromatic heterocycles. The van der Waals surface area contributed by atoms with E-state index in [4.69, 9.17) is 4.74 Å². The number of ether oxygens (including phenoxy) is 1. The standard InChI is InChI=1S/C28H28N4O4/c1-18(34)29-16-20-10-8-19(9-11-20)12-14-23-26-24(32-31-23)15-13-22(27(26)36-2)28(35)30-25(17-33)21-6-4-3-5-7-21/h3-15,25,33H,16-17H2,1-2H3,(H,29,34)(H,30,35)(H,31,32)/b14-12+/t25-/m1/s1. The van der Waals surface area contributed by atoms with Gasteiger partial charge in [0.1, 0.15) is 5.75 Å². The van der Waals surface area contributed by atoms with Crippen molar-refractivity contribution < 1.29 is 19.4 Å². The highest BCUT2D eigenvalue weighted by molar-refractivity contribution is 6.05. The lowest BCUT2D eigenvalue weighted by Crippen LogP contribution is -2.31. The molecule has 1 heterocycles. The quantitative estimate of drug-likeness (QED) is 0.288. The first-order valence-corrected chi connectivity index (χ1v) is 11.5. The number of aromatic amines is 1. The fraction of sp³-hybridized carbons (Fsp3) is 0.179. The summed E-state index contributed by atoms with van der Waals surface area (Å²) in [4.78, 5) is 24.3. The van der Waals surface area contributed by atoms with Gasteiger partial charge in [-0.15, -0.1) is 0 Å². The Labute approximate surface area is 209 Å². The van der Waals surface area contributed by atoms with Gasteiger partial charge in [0.25, 0.3) is 5.91 Å². The van der Waals surface area contributed by atoms with E-state index in [1.54, 1.807) is 12.1 Å². The van der Waals surface area contributed by atoms with Crippen LogP contribution < -0.4 is 15.4 Å². The Kier molecular flexibility index (Phi) is 7.77. The summed E-state index contributed by atoms with van der Waals surface area (Å²) in [5.41, 5.74) is 4.48. The third kappa shape index (κ3) is 5.61. The normalized spacial score (nSPS) is 12.0. The highest BCUT2D eigenvalue weighted by Crippen LogP contribution is 2.32. The third-order valence-corrected chi connectivity index (χ3v) is 5.80. The largest absolute Gasteiger partial charge is 0.495 e. The highest BCUT2D eigenvalue weighted by atomic mass is 16.5. The number of hydrogen-bond acceptors (Lipinski definition) is 5. The topological polar surface area (TPSA) is 116 Å². The average molecular weight is 485 g/mol. The van der Waals surface area contributed by atoms with Gasteiger partial charge in [-0.1, -0.05) is 60.7 Å². The van der Waals surface area contributed by atoms with Crippen LogP contribution in [-0.4, -0.2) is 40.8 Å². The van der Waals surface area contributed by atoms with Crippen molar-refractivity contribution in [3.63, 3.8) is 0 Å². The van der Waals surface area contributed by atoms with Crippen LogP contribution in [0.1, 0.15) is 45.7 Å². The van der Waals surface area contributed by atoms with Crippen LogP contribution in [0.15, 0.2) is 66.7 Å². The number of benzene rings is 3. The minimum atomic E-state index is -0.545. The molecular formula is C28H28N4O4.